The zero-order chi connectivity index (χ0) is 27.8. The summed E-state index contributed by atoms with van der Waals surface area (Å²) in [5.74, 6) is -1.40. The van der Waals surface area contributed by atoms with Crippen molar-refractivity contribution in [3.05, 3.63) is 75.5 Å². The molecule has 0 radical (unpaired) electrons. The summed E-state index contributed by atoms with van der Waals surface area (Å²) in [5, 5.41) is 3.88. The lowest BCUT2D eigenvalue weighted by molar-refractivity contribution is -0.160. The first-order valence-electron chi connectivity index (χ1n) is 10.9. The number of benzene rings is 2. The molecule has 0 spiro atoms. The van der Waals surface area contributed by atoms with Crippen molar-refractivity contribution >= 4 is 5.97 Å². The first-order valence-corrected chi connectivity index (χ1v) is 10.9. The Morgan fingerprint density at radius 3 is 2.16 bits per heavy atom. The largest absolute Gasteiger partial charge is 0.475 e. The summed E-state index contributed by atoms with van der Waals surface area (Å²) in [7, 11) is 0. The molecule has 37 heavy (non-hydrogen) atoms. The van der Waals surface area contributed by atoms with Gasteiger partial charge in [0.2, 0.25) is 0 Å². The van der Waals surface area contributed by atoms with E-state index in [1.807, 2.05) is 0 Å². The van der Waals surface area contributed by atoms with Gasteiger partial charge >= 0.3 is 24.0 Å². The minimum absolute atomic E-state index is 0.0174. The third kappa shape index (κ3) is 6.15. The maximum Gasteiger partial charge on any atom is 0.419 e. The highest BCUT2D eigenvalue weighted by Crippen LogP contribution is 2.40. The van der Waals surface area contributed by atoms with Crippen LogP contribution in [-0.2, 0) is 28.4 Å². The minimum Gasteiger partial charge on any atom is -0.475 e. The fraction of sp³-hybridized carbons (Fsp3) is 0.375. The number of halogens is 6. The van der Waals surface area contributed by atoms with Crippen molar-refractivity contribution in [3.8, 4) is 11.4 Å². The van der Waals surface area contributed by atoms with Crippen molar-refractivity contribution in [1.29, 1.82) is 0 Å². The van der Waals surface area contributed by atoms with Crippen molar-refractivity contribution in [2.75, 3.05) is 6.61 Å². The number of nitrogens with zero attached hydrogens (tertiary/aromatic N) is 3. The highest BCUT2D eigenvalue weighted by molar-refractivity contribution is 5.79. The molecule has 0 fully saturated rings. The maximum absolute atomic E-state index is 13.9. The van der Waals surface area contributed by atoms with Gasteiger partial charge in [-0.3, -0.25) is 0 Å². The number of hydrogen-bond donors (Lipinski definition) is 0. The SMILES string of the molecule is CCOC(=O)C(C)(C)Oc1c(C)cc(Cn2ncn(-c3ccc(C(F)(F)F)cc3)c2=O)cc1C(F)(F)F. The van der Waals surface area contributed by atoms with E-state index in [0.29, 0.717) is 0 Å². The summed E-state index contributed by atoms with van der Waals surface area (Å²) in [5.41, 5.74) is -4.32. The van der Waals surface area contributed by atoms with E-state index < -0.39 is 46.5 Å². The molecule has 0 saturated carbocycles. The molecule has 200 valence electrons. The van der Waals surface area contributed by atoms with Gasteiger partial charge in [0.05, 0.1) is 30.0 Å². The Bertz CT molecular complexity index is 1340. The number of aromatic nitrogens is 3. The summed E-state index contributed by atoms with van der Waals surface area (Å²) in [4.78, 5) is 24.9. The molecule has 0 unspecified atom stereocenters. The lowest BCUT2D eigenvalue weighted by Gasteiger charge is -2.27. The predicted molar refractivity (Wildman–Crippen MR) is 119 cm³/mol. The molecule has 3 aromatic rings. The third-order valence-corrected chi connectivity index (χ3v) is 5.30. The Hall–Kier alpha value is -3.77. The van der Waals surface area contributed by atoms with Crippen molar-refractivity contribution in [1.82, 2.24) is 14.3 Å². The smallest absolute Gasteiger partial charge is 0.419 e. The molecule has 0 aliphatic carbocycles. The van der Waals surface area contributed by atoms with Crippen LogP contribution in [0.3, 0.4) is 0 Å². The lowest BCUT2D eigenvalue weighted by Crippen LogP contribution is -2.40. The summed E-state index contributed by atoms with van der Waals surface area (Å²) in [6.07, 6.45) is -8.35. The van der Waals surface area contributed by atoms with Crippen LogP contribution in [0.4, 0.5) is 26.3 Å². The molecule has 2 aromatic carbocycles. The summed E-state index contributed by atoms with van der Waals surface area (Å²) in [6.45, 7) is 5.13. The van der Waals surface area contributed by atoms with Crippen LogP contribution in [0.5, 0.6) is 5.75 Å². The fourth-order valence-corrected chi connectivity index (χ4v) is 3.49. The van der Waals surface area contributed by atoms with Gasteiger partial charge in [0.25, 0.3) is 0 Å². The Kier molecular flexibility index (Phi) is 7.47. The molecule has 0 atom stereocenters. The summed E-state index contributed by atoms with van der Waals surface area (Å²) in [6, 6.07) is 5.91. The average Bonchev–Trinajstić information content (AvgIpc) is 3.14. The Balaban J connectivity index is 1.95. The standard InChI is InChI=1S/C24H23F6N3O4/c1-5-36-20(34)22(3,4)37-19-14(2)10-15(11-18(19)24(28,29)30)12-33-21(35)32(13-31-33)17-8-6-16(7-9-17)23(25,26)27/h6-11,13H,5,12H2,1-4H3. The van der Waals surface area contributed by atoms with Crippen LogP contribution in [0.25, 0.3) is 5.69 Å². The van der Waals surface area contributed by atoms with Gasteiger partial charge in [-0.2, -0.15) is 31.4 Å². The Morgan fingerprint density at radius 2 is 1.62 bits per heavy atom. The number of esters is 1. The minimum atomic E-state index is -4.86. The van der Waals surface area contributed by atoms with Crippen LogP contribution in [-0.4, -0.2) is 32.5 Å². The van der Waals surface area contributed by atoms with Gasteiger partial charge < -0.3 is 9.47 Å². The second-order valence-corrected chi connectivity index (χ2v) is 8.61. The van der Waals surface area contributed by atoms with E-state index in [2.05, 4.69) is 5.10 Å². The van der Waals surface area contributed by atoms with Gasteiger partial charge in [0.1, 0.15) is 12.1 Å². The monoisotopic (exact) mass is 531 g/mol. The van der Waals surface area contributed by atoms with E-state index in [-0.39, 0.29) is 30.0 Å². The molecular formula is C24H23F6N3O4. The van der Waals surface area contributed by atoms with Gasteiger partial charge in [-0.25, -0.2) is 18.8 Å². The van der Waals surface area contributed by atoms with E-state index in [0.717, 1.165) is 45.9 Å². The number of carbonyl (C=O) groups is 1. The second-order valence-electron chi connectivity index (χ2n) is 8.61. The van der Waals surface area contributed by atoms with Gasteiger partial charge in [0.15, 0.2) is 5.60 Å². The Labute approximate surface area is 207 Å². The molecule has 7 nitrogen and oxygen atoms in total. The number of aryl methyl sites for hydroxylation is 1. The summed E-state index contributed by atoms with van der Waals surface area (Å²) < 4.78 is 92.3. The van der Waals surface area contributed by atoms with Gasteiger partial charge in [0, 0.05) is 0 Å². The van der Waals surface area contributed by atoms with E-state index in [1.165, 1.54) is 26.8 Å². The van der Waals surface area contributed by atoms with Crippen LogP contribution in [0.15, 0.2) is 47.5 Å². The van der Waals surface area contributed by atoms with E-state index in [4.69, 9.17) is 9.47 Å². The number of carbonyl (C=O) groups excluding carboxylic acids is 1. The third-order valence-electron chi connectivity index (χ3n) is 5.30. The highest BCUT2D eigenvalue weighted by atomic mass is 19.4. The van der Waals surface area contributed by atoms with Crippen molar-refractivity contribution < 1.29 is 40.6 Å². The number of ether oxygens (including phenoxy) is 2. The quantitative estimate of drug-likeness (QED) is 0.312. The zero-order valence-corrected chi connectivity index (χ0v) is 20.2. The fourth-order valence-electron chi connectivity index (χ4n) is 3.49. The van der Waals surface area contributed by atoms with Crippen LogP contribution in [0, 0.1) is 6.92 Å². The number of rotatable bonds is 7. The highest BCUT2D eigenvalue weighted by Gasteiger charge is 2.40. The van der Waals surface area contributed by atoms with Gasteiger partial charge in [-0.1, -0.05) is 6.07 Å². The van der Waals surface area contributed by atoms with Gasteiger partial charge in [-0.15, -0.1) is 0 Å². The molecule has 3 rings (SSSR count). The van der Waals surface area contributed by atoms with E-state index >= 15 is 0 Å². The lowest BCUT2D eigenvalue weighted by atomic mass is 10.0. The van der Waals surface area contributed by atoms with Crippen molar-refractivity contribution in [2.45, 2.75) is 52.2 Å². The molecule has 13 heteroatoms. The van der Waals surface area contributed by atoms with Crippen molar-refractivity contribution in [3.63, 3.8) is 0 Å². The summed E-state index contributed by atoms with van der Waals surface area (Å²) >= 11 is 0. The second kappa shape index (κ2) is 9.94. The normalized spacial score (nSPS) is 12.5. The first-order chi connectivity index (χ1) is 17.0. The van der Waals surface area contributed by atoms with Crippen LogP contribution in [0.2, 0.25) is 0 Å². The molecule has 0 amide bonds. The van der Waals surface area contributed by atoms with Crippen LogP contribution >= 0.6 is 0 Å². The molecular weight excluding hydrogens is 508 g/mol. The van der Waals surface area contributed by atoms with Crippen LogP contribution in [0.1, 0.15) is 43.0 Å². The number of hydrogen-bond acceptors (Lipinski definition) is 5. The Morgan fingerprint density at radius 1 is 1.00 bits per heavy atom. The average molecular weight is 531 g/mol. The van der Waals surface area contributed by atoms with E-state index in [9.17, 15) is 35.9 Å². The maximum atomic E-state index is 13.9. The predicted octanol–water partition coefficient (Wildman–Crippen LogP) is 5.15. The molecule has 0 saturated heterocycles. The molecule has 1 aromatic heterocycles. The topological polar surface area (TPSA) is 75.3 Å². The molecule has 1 heterocycles. The van der Waals surface area contributed by atoms with Gasteiger partial charge in [-0.05, 0) is 69.2 Å². The molecule has 0 bridgehead atoms. The molecule has 0 aliphatic heterocycles. The molecule has 0 aliphatic rings. The number of alkyl halides is 6. The van der Waals surface area contributed by atoms with Crippen molar-refractivity contribution in [2.24, 2.45) is 0 Å². The first kappa shape index (κ1) is 27.8. The van der Waals surface area contributed by atoms with Crippen LogP contribution < -0.4 is 10.4 Å². The zero-order valence-electron chi connectivity index (χ0n) is 20.2. The van der Waals surface area contributed by atoms with E-state index in [1.54, 1.807) is 6.92 Å². The molecule has 0 N–H and O–H groups in total.